The van der Waals surface area contributed by atoms with E-state index < -0.39 is 27.9 Å². The number of hydrogen-bond donors (Lipinski definition) is 1. The van der Waals surface area contributed by atoms with Crippen LogP contribution in [0.4, 0.5) is 5.69 Å². The second-order valence-corrected chi connectivity index (χ2v) is 8.69. The molecule has 1 aliphatic rings. The van der Waals surface area contributed by atoms with Crippen LogP contribution in [0.25, 0.3) is 0 Å². The fourth-order valence-electron chi connectivity index (χ4n) is 2.98. The number of nitrogens with zero attached hydrogens (tertiary/aromatic N) is 1. The molecule has 3 rings (SSSR count). The average Bonchev–Trinajstić information content (AvgIpc) is 3.02. The summed E-state index contributed by atoms with van der Waals surface area (Å²) in [5.41, 5.74) is 2.05. The topological polar surface area (TPSA) is 83.6 Å². The molecule has 1 saturated heterocycles. The highest BCUT2D eigenvalue weighted by atomic mass is 35.5. The number of nitrogens with one attached hydrogen (secondary N) is 1. The van der Waals surface area contributed by atoms with E-state index in [4.69, 9.17) is 11.6 Å². The molecule has 142 valence electrons. The van der Waals surface area contributed by atoms with Gasteiger partial charge in [0.2, 0.25) is 11.8 Å². The average molecular weight is 407 g/mol. The molecule has 0 aromatic heterocycles. The monoisotopic (exact) mass is 406 g/mol. The van der Waals surface area contributed by atoms with E-state index in [9.17, 15) is 18.0 Å². The van der Waals surface area contributed by atoms with Crippen molar-refractivity contribution in [2.24, 2.45) is 0 Å². The van der Waals surface area contributed by atoms with Crippen LogP contribution in [0.1, 0.15) is 24.0 Å². The van der Waals surface area contributed by atoms with Gasteiger partial charge in [0.15, 0.2) is 0 Å². The first-order chi connectivity index (χ1) is 12.7. The van der Waals surface area contributed by atoms with Gasteiger partial charge in [-0.25, -0.2) is 12.7 Å². The minimum Gasteiger partial charge on any atom is -0.324 e. The third kappa shape index (κ3) is 3.70. The van der Waals surface area contributed by atoms with Crippen LogP contribution in [-0.4, -0.2) is 30.6 Å². The lowest BCUT2D eigenvalue weighted by Crippen LogP contribution is -2.45. The van der Waals surface area contributed by atoms with E-state index in [1.807, 2.05) is 6.92 Å². The van der Waals surface area contributed by atoms with Crippen LogP contribution >= 0.6 is 11.6 Å². The minimum atomic E-state index is -4.11. The maximum absolute atomic E-state index is 12.9. The normalized spacial score (nSPS) is 17.2. The van der Waals surface area contributed by atoms with Crippen LogP contribution in [0.2, 0.25) is 5.02 Å². The quantitative estimate of drug-likeness (QED) is 0.844. The molecule has 1 heterocycles. The van der Waals surface area contributed by atoms with E-state index in [-0.39, 0.29) is 17.7 Å². The fraction of sp³-hybridized carbons (Fsp3) is 0.263. The molecule has 2 aromatic rings. The van der Waals surface area contributed by atoms with Gasteiger partial charge in [-0.2, -0.15) is 0 Å². The van der Waals surface area contributed by atoms with Crippen molar-refractivity contribution in [3.63, 3.8) is 0 Å². The van der Waals surface area contributed by atoms with Crippen molar-refractivity contribution in [2.45, 2.75) is 37.6 Å². The lowest BCUT2D eigenvalue weighted by molar-refractivity contribution is -0.128. The van der Waals surface area contributed by atoms with Crippen molar-refractivity contribution in [3.05, 3.63) is 58.6 Å². The molecule has 6 nitrogen and oxygen atoms in total. The Morgan fingerprint density at radius 3 is 2.48 bits per heavy atom. The Balaban J connectivity index is 1.91. The zero-order chi connectivity index (χ0) is 19.8. The molecular weight excluding hydrogens is 388 g/mol. The zero-order valence-electron chi connectivity index (χ0n) is 14.9. The maximum Gasteiger partial charge on any atom is 0.267 e. The van der Waals surface area contributed by atoms with Crippen LogP contribution in [-0.2, 0) is 19.6 Å². The third-order valence-electron chi connectivity index (χ3n) is 4.57. The van der Waals surface area contributed by atoms with Gasteiger partial charge in [0.25, 0.3) is 10.0 Å². The molecule has 0 radical (unpaired) electrons. The van der Waals surface area contributed by atoms with E-state index >= 15 is 0 Å². The van der Waals surface area contributed by atoms with E-state index in [0.29, 0.717) is 20.6 Å². The van der Waals surface area contributed by atoms with Crippen molar-refractivity contribution in [2.75, 3.05) is 5.32 Å². The number of hydrogen-bond acceptors (Lipinski definition) is 4. The zero-order valence-corrected chi connectivity index (χ0v) is 16.5. The molecule has 0 bridgehead atoms. The Labute approximate surface area is 163 Å². The maximum atomic E-state index is 12.9. The highest BCUT2D eigenvalue weighted by molar-refractivity contribution is 7.89. The number of aryl methyl sites for hydroxylation is 1. The van der Waals surface area contributed by atoms with Gasteiger partial charge in [-0.1, -0.05) is 35.4 Å². The summed E-state index contributed by atoms with van der Waals surface area (Å²) in [4.78, 5) is 25.0. The van der Waals surface area contributed by atoms with Crippen LogP contribution in [0.15, 0.2) is 47.4 Å². The van der Waals surface area contributed by atoms with Gasteiger partial charge in [0.05, 0.1) is 4.90 Å². The van der Waals surface area contributed by atoms with E-state index in [2.05, 4.69) is 5.32 Å². The van der Waals surface area contributed by atoms with Crippen LogP contribution < -0.4 is 5.32 Å². The lowest BCUT2D eigenvalue weighted by Gasteiger charge is -2.24. The van der Waals surface area contributed by atoms with E-state index in [1.54, 1.807) is 37.3 Å². The summed E-state index contributed by atoms with van der Waals surface area (Å²) in [6.45, 7) is 3.58. The number of carbonyl (C=O) groups excluding carboxylic acids is 2. The van der Waals surface area contributed by atoms with Gasteiger partial charge in [0, 0.05) is 17.1 Å². The number of anilines is 1. The van der Waals surface area contributed by atoms with Crippen molar-refractivity contribution in [1.29, 1.82) is 0 Å². The molecule has 2 aromatic carbocycles. The minimum absolute atomic E-state index is 0.00228. The Hall–Kier alpha value is -2.38. The predicted molar refractivity (Wildman–Crippen MR) is 103 cm³/mol. The summed E-state index contributed by atoms with van der Waals surface area (Å²) in [6.07, 6.45) is 0.132. The molecule has 0 spiro atoms. The smallest absolute Gasteiger partial charge is 0.267 e. The Kier molecular flexibility index (Phi) is 5.26. The highest BCUT2D eigenvalue weighted by Crippen LogP contribution is 2.29. The summed E-state index contributed by atoms with van der Waals surface area (Å²) in [7, 11) is -4.11. The lowest BCUT2D eigenvalue weighted by atomic mass is 10.1. The Morgan fingerprint density at radius 1 is 1.15 bits per heavy atom. The number of carbonyl (C=O) groups is 2. The van der Waals surface area contributed by atoms with Gasteiger partial charge in [0.1, 0.15) is 6.04 Å². The van der Waals surface area contributed by atoms with Crippen molar-refractivity contribution in [3.8, 4) is 0 Å². The SMILES string of the molecule is Cc1ccc(S(=O)(=O)N2C(=O)CCC2C(=O)Nc2cccc(Cl)c2C)cc1. The molecule has 1 fully saturated rings. The molecule has 0 saturated carbocycles. The molecule has 1 atom stereocenters. The number of amides is 2. The summed E-state index contributed by atoms with van der Waals surface area (Å²) in [5.74, 6) is -1.14. The predicted octanol–water partition coefficient (Wildman–Crippen LogP) is 3.28. The summed E-state index contributed by atoms with van der Waals surface area (Å²) >= 11 is 6.06. The largest absolute Gasteiger partial charge is 0.324 e. The van der Waals surface area contributed by atoms with Crippen LogP contribution in [0.5, 0.6) is 0 Å². The fourth-order valence-corrected chi connectivity index (χ4v) is 4.76. The molecular formula is C19H19ClN2O4S. The van der Waals surface area contributed by atoms with Crippen LogP contribution in [0, 0.1) is 13.8 Å². The first-order valence-corrected chi connectivity index (χ1v) is 10.2. The number of rotatable bonds is 4. The molecule has 27 heavy (non-hydrogen) atoms. The molecule has 8 heteroatoms. The summed E-state index contributed by atoms with van der Waals surface area (Å²) in [6, 6.07) is 10.1. The van der Waals surface area contributed by atoms with Crippen molar-refractivity contribution < 1.29 is 18.0 Å². The molecule has 0 aliphatic carbocycles. The van der Waals surface area contributed by atoms with Crippen molar-refractivity contribution in [1.82, 2.24) is 4.31 Å². The van der Waals surface area contributed by atoms with E-state index in [1.165, 1.54) is 12.1 Å². The third-order valence-corrected chi connectivity index (χ3v) is 6.82. The molecule has 1 unspecified atom stereocenters. The molecule has 2 amide bonds. The second-order valence-electron chi connectivity index (χ2n) is 6.46. The number of sulfonamides is 1. The Bertz CT molecular complexity index is 1000. The second kappa shape index (κ2) is 7.32. The number of benzene rings is 2. The van der Waals surface area contributed by atoms with E-state index in [0.717, 1.165) is 5.56 Å². The van der Waals surface area contributed by atoms with Gasteiger partial charge in [-0.05, 0) is 50.1 Å². The summed E-state index contributed by atoms with van der Waals surface area (Å²) < 4.78 is 26.6. The molecule has 1 aliphatic heterocycles. The Morgan fingerprint density at radius 2 is 1.81 bits per heavy atom. The highest BCUT2D eigenvalue weighted by Gasteiger charge is 2.44. The first-order valence-electron chi connectivity index (χ1n) is 8.41. The van der Waals surface area contributed by atoms with Gasteiger partial charge in [-0.15, -0.1) is 0 Å². The first kappa shape index (κ1) is 19.4. The van der Waals surface area contributed by atoms with Gasteiger partial charge < -0.3 is 5.32 Å². The number of halogens is 1. The van der Waals surface area contributed by atoms with Crippen LogP contribution in [0.3, 0.4) is 0 Å². The summed E-state index contributed by atoms with van der Waals surface area (Å²) in [5, 5.41) is 3.18. The molecule has 1 N–H and O–H groups in total. The van der Waals surface area contributed by atoms with Gasteiger partial charge >= 0.3 is 0 Å². The van der Waals surface area contributed by atoms with Gasteiger partial charge in [-0.3, -0.25) is 9.59 Å². The van der Waals surface area contributed by atoms with Crippen molar-refractivity contribution >= 4 is 39.1 Å². The standard InChI is InChI=1S/C19H19ClN2O4S/c1-12-6-8-14(9-7-12)27(25,26)22-17(10-11-18(22)23)19(24)21-16-5-3-4-15(20)13(16)2/h3-9,17H,10-11H2,1-2H3,(H,21,24).